The Morgan fingerprint density at radius 1 is 1.28 bits per heavy atom. The number of phenolic OH excluding ortho intramolecular Hbond substituents is 1. The number of carbonyl (C=O) groups excluding carboxylic acids is 1. The first kappa shape index (κ1) is 13.2. The van der Waals surface area contributed by atoms with E-state index >= 15 is 0 Å². The van der Waals surface area contributed by atoms with E-state index in [1.54, 1.807) is 6.07 Å². The van der Waals surface area contributed by atoms with Crippen molar-refractivity contribution in [1.29, 1.82) is 0 Å². The highest BCUT2D eigenvalue weighted by molar-refractivity contribution is 6.32. The molecule has 2 rings (SSSR count). The van der Waals surface area contributed by atoms with Crippen LogP contribution in [0.25, 0.3) is 0 Å². The molecule has 0 spiro atoms. The first-order chi connectivity index (χ1) is 8.18. The summed E-state index contributed by atoms with van der Waals surface area (Å²) in [7, 11) is 0. The summed E-state index contributed by atoms with van der Waals surface area (Å²) in [4.78, 5) is 12.1. The van der Waals surface area contributed by atoms with Crippen LogP contribution in [-0.4, -0.2) is 17.1 Å². The molecule has 3 nitrogen and oxygen atoms in total. The van der Waals surface area contributed by atoms with Crippen molar-refractivity contribution in [2.45, 2.75) is 33.7 Å². The van der Waals surface area contributed by atoms with Gasteiger partial charge in [0.05, 0.1) is 5.02 Å². The minimum atomic E-state index is -0.152. The van der Waals surface area contributed by atoms with Crippen LogP contribution in [-0.2, 0) is 0 Å². The van der Waals surface area contributed by atoms with Crippen LogP contribution in [0.2, 0.25) is 5.02 Å². The van der Waals surface area contributed by atoms with Crippen LogP contribution in [0.15, 0.2) is 18.2 Å². The van der Waals surface area contributed by atoms with E-state index in [-0.39, 0.29) is 33.6 Å². The SMILES string of the molecule is CC1(C)C(NC(=O)c2ccc(O)c(Cl)c2)C1(C)C. The summed E-state index contributed by atoms with van der Waals surface area (Å²) in [6, 6.07) is 4.64. The van der Waals surface area contributed by atoms with Crippen molar-refractivity contribution in [1.82, 2.24) is 5.32 Å². The Morgan fingerprint density at radius 3 is 2.28 bits per heavy atom. The van der Waals surface area contributed by atoms with Gasteiger partial charge in [-0.1, -0.05) is 39.3 Å². The second kappa shape index (κ2) is 3.89. The monoisotopic (exact) mass is 267 g/mol. The Morgan fingerprint density at radius 2 is 1.83 bits per heavy atom. The van der Waals surface area contributed by atoms with Gasteiger partial charge in [-0.3, -0.25) is 4.79 Å². The molecule has 1 aromatic carbocycles. The highest BCUT2D eigenvalue weighted by Crippen LogP contribution is 2.62. The van der Waals surface area contributed by atoms with E-state index in [1.807, 2.05) is 0 Å². The molecule has 0 aromatic heterocycles. The Balaban J connectivity index is 2.12. The van der Waals surface area contributed by atoms with Gasteiger partial charge in [0.1, 0.15) is 5.75 Å². The lowest BCUT2D eigenvalue weighted by molar-refractivity contribution is 0.0943. The highest BCUT2D eigenvalue weighted by Gasteiger charge is 2.65. The van der Waals surface area contributed by atoms with E-state index in [2.05, 4.69) is 33.0 Å². The van der Waals surface area contributed by atoms with Crippen LogP contribution in [0.4, 0.5) is 0 Å². The molecule has 98 valence electrons. The molecule has 0 heterocycles. The zero-order valence-electron chi connectivity index (χ0n) is 11.0. The summed E-state index contributed by atoms with van der Waals surface area (Å²) >= 11 is 5.79. The van der Waals surface area contributed by atoms with Gasteiger partial charge in [0.25, 0.3) is 5.91 Å². The number of hydrogen-bond acceptors (Lipinski definition) is 2. The fourth-order valence-electron chi connectivity index (χ4n) is 2.42. The molecule has 1 aliphatic rings. The lowest BCUT2D eigenvalue weighted by Crippen LogP contribution is -2.29. The third-order valence-corrected chi connectivity index (χ3v) is 4.81. The molecule has 4 heteroatoms. The second-order valence-corrected chi connectivity index (χ2v) is 6.42. The Kier molecular flexibility index (Phi) is 2.85. The first-order valence-corrected chi connectivity index (χ1v) is 6.35. The summed E-state index contributed by atoms with van der Waals surface area (Å²) in [5, 5.41) is 12.5. The second-order valence-electron chi connectivity index (χ2n) is 6.02. The molecule has 1 saturated carbocycles. The zero-order chi connectivity index (χ0) is 13.7. The van der Waals surface area contributed by atoms with Crippen molar-refractivity contribution in [3.63, 3.8) is 0 Å². The van der Waals surface area contributed by atoms with Crippen LogP contribution in [0.5, 0.6) is 5.75 Å². The number of aromatic hydroxyl groups is 1. The number of carbonyl (C=O) groups is 1. The molecule has 1 aliphatic carbocycles. The maximum absolute atomic E-state index is 12.1. The van der Waals surface area contributed by atoms with Gasteiger partial charge in [0.15, 0.2) is 0 Å². The van der Waals surface area contributed by atoms with Crippen molar-refractivity contribution in [2.24, 2.45) is 10.8 Å². The van der Waals surface area contributed by atoms with E-state index in [9.17, 15) is 9.90 Å². The number of rotatable bonds is 2. The van der Waals surface area contributed by atoms with E-state index in [0.717, 1.165) is 0 Å². The number of amides is 1. The molecule has 0 atom stereocenters. The van der Waals surface area contributed by atoms with E-state index in [1.165, 1.54) is 12.1 Å². The molecular weight excluding hydrogens is 250 g/mol. The highest BCUT2D eigenvalue weighted by atomic mass is 35.5. The van der Waals surface area contributed by atoms with Crippen LogP contribution in [0, 0.1) is 10.8 Å². The summed E-state index contributed by atoms with van der Waals surface area (Å²) < 4.78 is 0. The molecule has 0 radical (unpaired) electrons. The van der Waals surface area contributed by atoms with Gasteiger partial charge >= 0.3 is 0 Å². The lowest BCUT2D eigenvalue weighted by atomic mass is 10.0. The van der Waals surface area contributed by atoms with E-state index < -0.39 is 0 Å². The summed E-state index contributed by atoms with van der Waals surface area (Å²) in [6.07, 6.45) is 0. The molecule has 0 saturated heterocycles. The standard InChI is InChI=1S/C14H18ClNO2/c1-13(2)12(14(13,3)4)16-11(18)8-5-6-10(17)9(15)7-8/h5-7,12,17H,1-4H3,(H,16,18). The van der Waals surface area contributed by atoms with E-state index in [0.29, 0.717) is 5.56 Å². The van der Waals surface area contributed by atoms with Gasteiger partial charge < -0.3 is 10.4 Å². The zero-order valence-corrected chi connectivity index (χ0v) is 11.8. The molecule has 1 aromatic rings. The molecule has 1 amide bonds. The lowest BCUT2D eigenvalue weighted by Gasteiger charge is -2.07. The maximum Gasteiger partial charge on any atom is 0.251 e. The predicted molar refractivity (Wildman–Crippen MR) is 71.9 cm³/mol. The van der Waals surface area contributed by atoms with Gasteiger partial charge in [-0.05, 0) is 29.0 Å². The average molecular weight is 268 g/mol. The van der Waals surface area contributed by atoms with Gasteiger partial charge in [-0.2, -0.15) is 0 Å². The minimum Gasteiger partial charge on any atom is -0.506 e. The fraction of sp³-hybridized carbons (Fsp3) is 0.500. The topological polar surface area (TPSA) is 49.3 Å². The molecule has 0 aliphatic heterocycles. The quantitative estimate of drug-likeness (QED) is 0.864. The van der Waals surface area contributed by atoms with Crippen LogP contribution >= 0.6 is 11.6 Å². The minimum absolute atomic E-state index is 0.0136. The number of halogens is 1. The third kappa shape index (κ3) is 1.87. The van der Waals surface area contributed by atoms with Gasteiger partial charge in [-0.25, -0.2) is 0 Å². The number of phenols is 1. The van der Waals surface area contributed by atoms with Gasteiger partial charge in [-0.15, -0.1) is 0 Å². The molecule has 2 N–H and O–H groups in total. The molecule has 1 fully saturated rings. The van der Waals surface area contributed by atoms with Crippen molar-refractivity contribution >= 4 is 17.5 Å². The van der Waals surface area contributed by atoms with Crippen molar-refractivity contribution < 1.29 is 9.90 Å². The normalized spacial score (nSPS) is 20.5. The van der Waals surface area contributed by atoms with E-state index in [4.69, 9.17) is 11.6 Å². The number of benzene rings is 1. The van der Waals surface area contributed by atoms with Gasteiger partial charge in [0, 0.05) is 11.6 Å². The smallest absolute Gasteiger partial charge is 0.251 e. The van der Waals surface area contributed by atoms with Crippen molar-refractivity contribution in [3.8, 4) is 5.75 Å². The molecular formula is C14H18ClNO2. The molecule has 0 bridgehead atoms. The predicted octanol–water partition coefficient (Wildman–Crippen LogP) is 3.21. The van der Waals surface area contributed by atoms with Crippen LogP contribution < -0.4 is 5.32 Å². The molecule has 0 unspecified atom stereocenters. The maximum atomic E-state index is 12.1. The van der Waals surface area contributed by atoms with Crippen molar-refractivity contribution in [2.75, 3.05) is 0 Å². The number of nitrogens with one attached hydrogen (secondary N) is 1. The third-order valence-electron chi connectivity index (χ3n) is 4.51. The molecule has 18 heavy (non-hydrogen) atoms. The summed E-state index contributed by atoms with van der Waals surface area (Å²) in [5.74, 6) is -0.166. The summed E-state index contributed by atoms with van der Waals surface area (Å²) in [5.41, 5.74) is 0.670. The van der Waals surface area contributed by atoms with Gasteiger partial charge in [0.2, 0.25) is 0 Å². The Labute approximate surface area is 112 Å². The number of hydrogen-bond donors (Lipinski definition) is 2. The Bertz CT molecular complexity index is 495. The average Bonchev–Trinajstić information content (AvgIpc) is 2.65. The Hall–Kier alpha value is -1.22. The first-order valence-electron chi connectivity index (χ1n) is 5.97. The summed E-state index contributed by atoms with van der Waals surface area (Å²) in [6.45, 7) is 8.56. The van der Waals surface area contributed by atoms with Crippen LogP contribution in [0.1, 0.15) is 38.1 Å². The van der Waals surface area contributed by atoms with Crippen LogP contribution in [0.3, 0.4) is 0 Å². The fourth-order valence-corrected chi connectivity index (χ4v) is 2.60. The van der Waals surface area contributed by atoms with Crippen molar-refractivity contribution in [3.05, 3.63) is 28.8 Å². The largest absolute Gasteiger partial charge is 0.506 e.